The highest BCUT2D eigenvalue weighted by Gasteiger charge is 2.38. The first kappa shape index (κ1) is 36.1. The fourth-order valence-electron chi connectivity index (χ4n) is 9.03. The van der Waals surface area contributed by atoms with Crippen molar-refractivity contribution < 1.29 is 24.2 Å². The van der Waals surface area contributed by atoms with Crippen molar-refractivity contribution in [2.45, 2.75) is 81.9 Å². The van der Waals surface area contributed by atoms with Crippen molar-refractivity contribution in [1.82, 2.24) is 15.1 Å². The Labute approximate surface area is 318 Å². The largest absolute Gasteiger partial charge is 0.508 e. The summed E-state index contributed by atoms with van der Waals surface area (Å²) in [5, 5.41) is 13.0. The molecule has 280 valence electrons. The molecule has 4 aromatic rings. The molecule has 8 rings (SSSR count). The van der Waals surface area contributed by atoms with E-state index in [9.17, 15) is 14.7 Å². The predicted molar refractivity (Wildman–Crippen MR) is 210 cm³/mol. The quantitative estimate of drug-likeness (QED) is 0.147. The van der Waals surface area contributed by atoms with Crippen molar-refractivity contribution in [3.05, 3.63) is 142 Å². The van der Waals surface area contributed by atoms with Crippen LogP contribution in [0.15, 0.2) is 103 Å². The van der Waals surface area contributed by atoms with E-state index in [1.807, 2.05) is 24.3 Å². The molecule has 3 atom stereocenters. The molecule has 0 bridgehead atoms. The number of allylic oxidation sites excluding steroid dienone is 1. The minimum atomic E-state index is -0.429. The molecule has 3 heterocycles. The predicted octanol–water partition coefficient (Wildman–Crippen LogP) is 7.49. The number of aryl methyl sites for hydroxylation is 2. The van der Waals surface area contributed by atoms with Crippen LogP contribution in [0.2, 0.25) is 0 Å². The molecule has 54 heavy (non-hydrogen) atoms. The maximum absolute atomic E-state index is 13.1. The van der Waals surface area contributed by atoms with E-state index in [1.54, 1.807) is 4.90 Å². The van der Waals surface area contributed by atoms with Crippen molar-refractivity contribution in [3.8, 4) is 11.5 Å². The number of carbonyl (C=O) groups is 2. The number of amides is 2. The van der Waals surface area contributed by atoms with Gasteiger partial charge in [-0.1, -0.05) is 67.2 Å². The molecule has 8 heteroatoms. The van der Waals surface area contributed by atoms with Gasteiger partial charge in [0, 0.05) is 50.0 Å². The first-order chi connectivity index (χ1) is 26.4. The fourth-order valence-corrected chi connectivity index (χ4v) is 9.03. The Morgan fingerprint density at radius 1 is 0.815 bits per heavy atom. The minimum absolute atomic E-state index is 0.0539. The van der Waals surface area contributed by atoms with E-state index < -0.39 is 6.04 Å². The van der Waals surface area contributed by atoms with E-state index in [0.717, 1.165) is 81.8 Å². The number of hydrogen-bond donors (Lipinski definition) is 2. The van der Waals surface area contributed by atoms with Crippen molar-refractivity contribution in [3.63, 3.8) is 0 Å². The first-order valence-corrected chi connectivity index (χ1v) is 19.7. The minimum Gasteiger partial charge on any atom is -0.508 e. The molecule has 0 saturated carbocycles. The average Bonchev–Trinajstić information content (AvgIpc) is 3.52. The van der Waals surface area contributed by atoms with Crippen LogP contribution in [0.4, 0.5) is 0 Å². The Balaban J connectivity index is 0.758. The molecule has 1 unspecified atom stereocenters. The lowest BCUT2D eigenvalue weighted by molar-refractivity contribution is -0.126. The van der Waals surface area contributed by atoms with Gasteiger partial charge in [-0.2, -0.15) is 0 Å². The summed E-state index contributed by atoms with van der Waals surface area (Å²) >= 11 is 0. The Kier molecular flexibility index (Phi) is 10.8. The van der Waals surface area contributed by atoms with Gasteiger partial charge in [0.25, 0.3) is 5.91 Å². The number of carbonyl (C=O) groups excluding carboxylic acids is 2. The summed E-state index contributed by atoms with van der Waals surface area (Å²) in [6.07, 6.45) is 7.50. The standard InChI is InChI=1S/C46H51N3O5/c1-31-9-20-43(45(51)47-31)49-30-36-28-32(10-17-42(36)46(49)52)6-5-26-53-39-21-23-48(24-22-39)25-27-54-38-15-11-34(12-16-38)44-40(33-7-3-2-4-8-33)18-13-35-29-37(50)14-19-41(35)44/h2-4,7-8,10-12,14-17,19,28-29,39-40,43-44,50H,1,5-6,9,13,18,20-27,30H2,(H,47,51)/t40-,43?,44+/m0/s1. The van der Waals surface area contributed by atoms with Gasteiger partial charge in [0.05, 0.1) is 6.10 Å². The number of phenolic OH excluding ortho intramolecular Hbond substituents is 1. The number of likely N-dealkylation sites (tertiary alicyclic amines) is 1. The number of phenols is 1. The topological polar surface area (TPSA) is 91.3 Å². The highest BCUT2D eigenvalue weighted by atomic mass is 16.5. The van der Waals surface area contributed by atoms with E-state index in [0.29, 0.717) is 43.2 Å². The summed E-state index contributed by atoms with van der Waals surface area (Å²) < 4.78 is 12.5. The summed E-state index contributed by atoms with van der Waals surface area (Å²) in [6, 6.07) is 31.0. The van der Waals surface area contributed by atoms with Gasteiger partial charge in [0.2, 0.25) is 5.91 Å². The van der Waals surface area contributed by atoms with Crippen LogP contribution in [-0.4, -0.2) is 71.7 Å². The molecule has 8 nitrogen and oxygen atoms in total. The monoisotopic (exact) mass is 725 g/mol. The Morgan fingerprint density at radius 2 is 1.63 bits per heavy atom. The molecule has 4 aliphatic rings. The molecule has 1 aliphatic carbocycles. The van der Waals surface area contributed by atoms with Gasteiger partial charge in [-0.05, 0) is 121 Å². The summed E-state index contributed by atoms with van der Waals surface area (Å²) in [5.41, 5.74) is 8.83. The maximum Gasteiger partial charge on any atom is 0.255 e. The van der Waals surface area contributed by atoms with Crippen molar-refractivity contribution in [2.24, 2.45) is 0 Å². The molecule has 2 fully saturated rings. The van der Waals surface area contributed by atoms with Crippen LogP contribution in [0.1, 0.15) is 94.1 Å². The molecule has 4 aromatic carbocycles. The smallest absolute Gasteiger partial charge is 0.255 e. The zero-order valence-electron chi connectivity index (χ0n) is 31.1. The van der Waals surface area contributed by atoms with Crippen molar-refractivity contribution in [1.29, 1.82) is 0 Å². The lowest BCUT2D eigenvalue weighted by Crippen LogP contribution is -2.49. The van der Waals surface area contributed by atoms with Crippen LogP contribution >= 0.6 is 0 Å². The number of nitrogens with one attached hydrogen (secondary N) is 1. The summed E-state index contributed by atoms with van der Waals surface area (Å²) in [6.45, 7) is 8.61. The van der Waals surface area contributed by atoms with Gasteiger partial charge in [0.1, 0.15) is 24.1 Å². The lowest BCUT2D eigenvalue weighted by Gasteiger charge is -2.35. The van der Waals surface area contributed by atoms with Crippen LogP contribution < -0.4 is 10.1 Å². The molecule has 2 amide bonds. The number of rotatable bonds is 12. The lowest BCUT2D eigenvalue weighted by atomic mass is 9.69. The van der Waals surface area contributed by atoms with Crippen molar-refractivity contribution >= 4 is 11.8 Å². The number of benzene rings is 4. The van der Waals surface area contributed by atoms with E-state index in [-0.39, 0.29) is 23.8 Å². The highest BCUT2D eigenvalue weighted by molar-refractivity contribution is 6.01. The van der Waals surface area contributed by atoms with Gasteiger partial charge in [-0.25, -0.2) is 0 Å². The third kappa shape index (κ3) is 7.96. The summed E-state index contributed by atoms with van der Waals surface area (Å²) in [4.78, 5) is 29.7. The average molecular weight is 726 g/mol. The van der Waals surface area contributed by atoms with Gasteiger partial charge in [0.15, 0.2) is 0 Å². The van der Waals surface area contributed by atoms with E-state index >= 15 is 0 Å². The van der Waals surface area contributed by atoms with Crippen LogP contribution in [-0.2, 0) is 28.9 Å². The Hall–Kier alpha value is -4.92. The number of nitrogens with zero attached hydrogens (tertiary/aromatic N) is 2. The second kappa shape index (κ2) is 16.2. The van der Waals surface area contributed by atoms with Gasteiger partial charge >= 0.3 is 0 Å². The molecule has 3 aliphatic heterocycles. The number of aromatic hydroxyl groups is 1. The summed E-state index contributed by atoms with van der Waals surface area (Å²) in [5.74, 6) is 1.66. The third-order valence-electron chi connectivity index (χ3n) is 11.9. The fraction of sp³-hybridized carbons (Fsp3) is 0.391. The van der Waals surface area contributed by atoms with Crippen LogP contribution in [0.3, 0.4) is 0 Å². The van der Waals surface area contributed by atoms with E-state index in [2.05, 4.69) is 83.5 Å². The second-order valence-corrected chi connectivity index (χ2v) is 15.4. The van der Waals surface area contributed by atoms with Gasteiger partial charge in [-0.3, -0.25) is 14.5 Å². The van der Waals surface area contributed by atoms with Crippen LogP contribution in [0.25, 0.3) is 0 Å². The first-order valence-electron chi connectivity index (χ1n) is 19.7. The molecular formula is C46H51N3O5. The molecule has 0 aromatic heterocycles. The number of hydrogen-bond acceptors (Lipinski definition) is 6. The zero-order chi connectivity index (χ0) is 37.0. The second-order valence-electron chi connectivity index (χ2n) is 15.4. The van der Waals surface area contributed by atoms with Crippen LogP contribution in [0.5, 0.6) is 11.5 Å². The Morgan fingerprint density at radius 3 is 2.43 bits per heavy atom. The van der Waals surface area contributed by atoms with Gasteiger partial charge < -0.3 is 24.8 Å². The van der Waals surface area contributed by atoms with Crippen molar-refractivity contribution in [2.75, 3.05) is 32.8 Å². The summed E-state index contributed by atoms with van der Waals surface area (Å²) in [7, 11) is 0. The van der Waals surface area contributed by atoms with Crippen LogP contribution in [0, 0.1) is 0 Å². The molecule has 2 saturated heterocycles. The third-order valence-corrected chi connectivity index (χ3v) is 11.9. The van der Waals surface area contributed by atoms with E-state index in [4.69, 9.17) is 9.47 Å². The molecule has 2 N–H and O–H groups in total. The number of ether oxygens (including phenoxy) is 2. The maximum atomic E-state index is 13.1. The van der Waals surface area contributed by atoms with E-state index in [1.165, 1.54) is 27.8 Å². The Bertz CT molecular complexity index is 1970. The van der Waals surface area contributed by atoms with Gasteiger partial charge in [-0.15, -0.1) is 0 Å². The molecular weight excluding hydrogens is 675 g/mol. The molecule has 0 spiro atoms. The normalized spacial score (nSPS) is 21.8. The zero-order valence-corrected chi connectivity index (χ0v) is 31.1. The number of fused-ring (bicyclic) bond motifs is 2. The molecule has 0 radical (unpaired) electrons. The SMILES string of the molecule is C=C1CCC(N2Cc3cc(CCCOC4CCN(CCOc5ccc([C@H]6c7ccc(O)cc7CC[C@H]6c6ccccc6)cc5)CC4)ccc3C2=O)C(=O)N1. The highest BCUT2D eigenvalue weighted by Crippen LogP contribution is 2.47. The number of piperidine rings is 2.